The van der Waals surface area contributed by atoms with Crippen molar-refractivity contribution in [2.45, 2.75) is 65.0 Å². The first-order valence-electron chi connectivity index (χ1n) is 8.40. The second kappa shape index (κ2) is 4.69. The molecular weight excluding hydrogens is 264 g/mol. The molecule has 2 saturated heterocycles. The number of carbonyl (C=O) groups excluding carboxylic acids is 1. The minimum Gasteiger partial charge on any atom is -0.377 e. The van der Waals surface area contributed by atoms with E-state index in [0.717, 1.165) is 39.0 Å². The van der Waals surface area contributed by atoms with Crippen LogP contribution in [-0.2, 0) is 9.53 Å². The highest BCUT2D eigenvalue weighted by Gasteiger charge is 2.71. The molecule has 1 amide bonds. The molecule has 4 heteroatoms. The topological polar surface area (TPSA) is 55.6 Å². The molecule has 4 nitrogen and oxygen atoms in total. The fraction of sp³-hybridized carbons (Fsp3) is 0.941. The summed E-state index contributed by atoms with van der Waals surface area (Å²) in [6, 6.07) is 0. The minimum atomic E-state index is -0.733. The second-order valence-electron chi connectivity index (χ2n) is 8.59. The van der Waals surface area contributed by atoms with Crippen molar-refractivity contribution in [2.24, 2.45) is 22.5 Å². The second-order valence-corrected chi connectivity index (χ2v) is 8.59. The molecule has 3 fully saturated rings. The van der Waals surface area contributed by atoms with Crippen molar-refractivity contribution in [1.82, 2.24) is 4.90 Å². The average molecular weight is 294 g/mol. The van der Waals surface area contributed by atoms with E-state index in [2.05, 4.69) is 27.7 Å². The summed E-state index contributed by atoms with van der Waals surface area (Å²) in [7, 11) is 0. The van der Waals surface area contributed by atoms with E-state index in [1.165, 1.54) is 6.42 Å². The molecule has 2 aliphatic heterocycles. The van der Waals surface area contributed by atoms with Gasteiger partial charge in [-0.1, -0.05) is 27.7 Å². The van der Waals surface area contributed by atoms with Gasteiger partial charge in [-0.15, -0.1) is 0 Å². The molecule has 2 N–H and O–H groups in total. The Morgan fingerprint density at radius 2 is 1.90 bits per heavy atom. The molecular formula is C17H30N2O2. The van der Waals surface area contributed by atoms with E-state index in [1.807, 2.05) is 4.90 Å². The van der Waals surface area contributed by atoms with Crippen molar-refractivity contribution >= 4 is 5.91 Å². The molecule has 0 aromatic carbocycles. The van der Waals surface area contributed by atoms with E-state index >= 15 is 0 Å². The smallest absolute Gasteiger partial charge is 0.243 e. The summed E-state index contributed by atoms with van der Waals surface area (Å²) in [5.41, 5.74) is 6.04. The van der Waals surface area contributed by atoms with Gasteiger partial charge in [0.1, 0.15) is 5.54 Å². The molecule has 3 rings (SSSR count). The van der Waals surface area contributed by atoms with Gasteiger partial charge in [-0.3, -0.25) is 4.79 Å². The summed E-state index contributed by atoms with van der Waals surface area (Å²) in [5.74, 6) is 0.369. The van der Waals surface area contributed by atoms with Crippen molar-refractivity contribution in [2.75, 3.05) is 19.7 Å². The van der Waals surface area contributed by atoms with Crippen LogP contribution < -0.4 is 5.73 Å². The SMILES string of the molecule is CC1(C)CCCN(C(=O)C2(N)C3CCOC3C2(C)C)CC1. The number of hydrogen-bond donors (Lipinski definition) is 1. The van der Waals surface area contributed by atoms with Crippen LogP contribution >= 0.6 is 0 Å². The molecule has 3 unspecified atom stereocenters. The van der Waals surface area contributed by atoms with Gasteiger partial charge in [0, 0.05) is 31.0 Å². The van der Waals surface area contributed by atoms with Crippen LogP contribution in [0.2, 0.25) is 0 Å². The minimum absolute atomic E-state index is 0.162. The first-order valence-corrected chi connectivity index (χ1v) is 8.40. The zero-order valence-electron chi connectivity index (χ0n) is 13.9. The van der Waals surface area contributed by atoms with Gasteiger partial charge in [-0.05, 0) is 31.1 Å². The number of nitrogens with two attached hydrogens (primary N) is 1. The van der Waals surface area contributed by atoms with Crippen molar-refractivity contribution in [3.63, 3.8) is 0 Å². The van der Waals surface area contributed by atoms with Gasteiger partial charge in [-0.25, -0.2) is 0 Å². The molecule has 0 bridgehead atoms. The molecule has 21 heavy (non-hydrogen) atoms. The van der Waals surface area contributed by atoms with Crippen LogP contribution in [0.3, 0.4) is 0 Å². The van der Waals surface area contributed by atoms with Crippen molar-refractivity contribution in [3.8, 4) is 0 Å². The lowest BCUT2D eigenvalue weighted by atomic mass is 9.47. The van der Waals surface area contributed by atoms with Crippen molar-refractivity contribution < 1.29 is 9.53 Å². The summed E-state index contributed by atoms with van der Waals surface area (Å²) in [5, 5.41) is 0. The van der Waals surface area contributed by atoms with Crippen LogP contribution in [0, 0.1) is 16.7 Å². The van der Waals surface area contributed by atoms with Gasteiger partial charge in [0.15, 0.2) is 0 Å². The highest BCUT2D eigenvalue weighted by atomic mass is 16.5. The van der Waals surface area contributed by atoms with Crippen LogP contribution in [0.5, 0.6) is 0 Å². The molecule has 0 aromatic heterocycles. The fourth-order valence-electron chi connectivity index (χ4n) is 4.71. The Hall–Kier alpha value is -0.610. The molecule has 0 aromatic rings. The number of likely N-dealkylation sites (tertiary alicyclic amines) is 1. The Bertz CT molecular complexity index is 446. The first-order chi connectivity index (χ1) is 9.70. The third kappa shape index (κ3) is 2.06. The standard InChI is InChI=1S/C17H30N2O2/c1-15(2)7-5-9-19(10-8-15)14(20)17(18)12-6-11-21-13(12)16(17,3)4/h12-13H,5-11,18H2,1-4H3. The number of rotatable bonds is 1. The van der Waals surface area contributed by atoms with E-state index < -0.39 is 5.54 Å². The van der Waals surface area contributed by atoms with E-state index in [4.69, 9.17) is 10.5 Å². The number of ether oxygens (including phenoxy) is 1. The predicted octanol–water partition coefficient (Wildman–Crippen LogP) is 2.17. The molecule has 1 saturated carbocycles. The maximum atomic E-state index is 13.2. The van der Waals surface area contributed by atoms with Crippen LogP contribution in [0.25, 0.3) is 0 Å². The lowest BCUT2D eigenvalue weighted by molar-refractivity contribution is -0.184. The van der Waals surface area contributed by atoms with Gasteiger partial charge >= 0.3 is 0 Å². The zero-order chi connectivity index (χ0) is 15.5. The lowest BCUT2D eigenvalue weighted by Crippen LogP contribution is -2.80. The Morgan fingerprint density at radius 1 is 1.19 bits per heavy atom. The number of hydrogen-bond acceptors (Lipinski definition) is 3. The Morgan fingerprint density at radius 3 is 2.62 bits per heavy atom. The number of carbonyl (C=O) groups is 1. The predicted molar refractivity (Wildman–Crippen MR) is 82.8 cm³/mol. The van der Waals surface area contributed by atoms with Gasteiger partial charge in [-0.2, -0.15) is 0 Å². The summed E-state index contributed by atoms with van der Waals surface area (Å²) in [6.07, 6.45) is 4.43. The third-order valence-electron chi connectivity index (χ3n) is 6.44. The van der Waals surface area contributed by atoms with E-state index in [0.29, 0.717) is 5.41 Å². The molecule has 2 heterocycles. The molecule has 3 aliphatic rings. The van der Waals surface area contributed by atoms with Crippen LogP contribution in [0.4, 0.5) is 0 Å². The van der Waals surface area contributed by atoms with E-state index in [-0.39, 0.29) is 23.3 Å². The fourth-order valence-corrected chi connectivity index (χ4v) is 4.71. The quantitative estimate of drug-likeness (QED) is 0.806. The molecule has 3 atom stereocenters. The molecule has 0 spiro atoms. The van der Waals surface area contributed by atoms with E-state index in [1.54, 1.807) is 0 Å². The van der Waals surface area contributed by atoms with Crippen molar-refractivity contribution in [1.29, 1.82) is 0 Å². The number of amides is 1. The normalized spacial score (nSPS) is 41.1. The summed E-state index contributed by atoms with van der Waals surface area (Å²) >= 11 is 0. The monoisotopic (exact) mass is 294 g/mol. The highest BCUT2D eigenvalue weighted by molar-refractivity contribution is 5.89. The number of nitrogens with zero attached hydrogens (tertiary/aromatic N) is 1. The third-order valence-corrected chi connectivity index (χ3v) is 6.44. The average Bonchev–Trinajstić information content (AvgIpc) is 2.81. The lowest BCUT2D eigenvalue weighted by Gasteiger charge is -2.61. The van der Waals surface area contributed by atoms with E-state index in [9.17, 15) is 4.79 Å². The Kier molecular flexibility index (Phi) is 3.42. The van der Waals surface area contributed by atoms with Crippen LogP contribution in [0.1, 0.15) is 53.4 Å². The Balaban J connectivity index is 1.78. The summed E-state index contributed by atoms with van der Waals surface area (Å²) < 4.78 is 5.81. The van der Waals surface area contributed by atoms with Gasteiger partial charge in [0.05, 0.1) is 6.10 Å². The zero-order valence-corrected chi connectivity index (χ0v) is 13.9. The molecule has 0 radical (unpaired) electrons. The highest BCUT2D eigenvalue weighted by Crippen LogP contribution is 2.58. The largest absolute Gasteiger partial charge is 0.377 e. The van der Waals surface area contributed by atoms with Crippen LogP contribution in [0.15, 0.2) is 0 Å². The van der Waals surface area contributed by atoms with Crippen molar-refractivity contribution in [3.05, 3.63) is 0 Å². The molecule has 120 valence electrons. The molecule has 1 aliphatic carbocycles. The van der Waals surface area contributed by atoms with Gasteiger partial charge < -0.3 is 15.4 Å². The summed E-state index contributed by atoms with van der Waals surface area (Å²) in [4.78, 5) is 15.2. The maximum Gasteiger partial charge on any atom is 0.243 e. The Labute approximate surface area is 128 Å². The van der Waals surface area contributed by atoms with Gasteiger partial charge in [0.2, 0.25) is 5.91 Å². The van der Waals surface area contributed by atoms with Gasteiger partial charge in [0.25, 0.3) is 0 Å². The number of fused-ring (bicyclic) bond motifs is 1. The van der Waals surface area contributed by atoms with Crippen LogP contribution in [-0.4, -0.2) is 42.1 Å². The first kappa shape index (κ1) is 15.3. The maximum absolute atomic E-state index is 13.2. The summed E-state index contributed by atoms with van der Waals surface area (Å²) in [6.45, 7) is 11.2.